The zero-order chi connectivity index (χ0) is 15.4. The Hall–Kier alpha value is -2.36. The van der Waals surface area contributed by atoms with Crippen molar-refractivity contribution in [1.29, 1.82) is 0 Å². The highest BCUT2D eigenvalue weighted by Gasteiger charge is 2.16. The average Bonchev–Trinajstić information content (AvgIpc) is 2.49. The molecule has 0 atom stereocenters. The molecule has 2 aromatic carbocycles. The molecule has 110 valence electrons. The number of amides is 1. The lowest BCUT2D eigenvalue weighted by Crippen LogP contribution is -2.30. The summed E-state index contributed by atoms with van der Waals surface area (Å²) in [5.74, 6) is -0.397. The molecule has 0 saturated heterocycles. The highest BCUT2D eigenvalue weighted by atomic mass is 19.1. The zero-order valence-electron chi connectivity index (χ0n) is 12.5. The van der Waals surface area contributed by atoms with Crippen LogP contribution in [0.15, 0.2) is 42.5 Å². The summed E-state index contributed by atoms with van der Waals surface area (Å²) in [6.45, 7) is 4.38. The fraction of sp³-hybridized carbons (Fsp3) is 0.235. The van der Waals surface area contributed by atoms with Gasteiger partial charge in [-0.25, -0.2) is 4.39 Å². The van der Waals surface area contributed by atoms with Gasteiger partial charge in [-0.05, 0) is 61.9 Å². The van der Waals surface area contributed by atoms with Crippen LogP contribution in [0.4, 0.5) is 15.8 Å². The predicted octanol–water partition coefficient (Wildman–Crippen LogP) is 3.84. The molecule has 1 N–H and O–H groups in total. The van der Waals surface area contributed by atoms with E-state index in [1.54, 1.807) is 23.1 Å². The van der Waals surface area contributed by atoms with Crippen LogP contribution in [0, 0.1) is 12.7 Å². The van der Waals surface area contributed by atoms with Crippen molar-refractivity contribution in [3.05, 3.63) is 59.4 Å². The number of carbonyl (C=O) groups is 1. The van der Waals surface area contributed by atoms with E-state index in [4.69, 9.17) is 0 Å². The fourth-order valence-corrected chi connectivity index (χ4v) is 2.30. The van der Waals surface area contributed by atoms with Gasteiger partial charge in [0.05, 0.1) is 0 Å². The third-order valence-corrected chi connectivity index (χ3v) is 3.44. The summed E-state index contributed by atoms with van der Waals surface area (Å²) in [6, 6.07) is 11.5. The topological polar surface area (TPSA) is 32.3 Å². The molecular weight excluding hydrogens is 267 g/mol. The summed E-state index contributed by atoms with van der Waals surface area (Å²) in [5.41, 5.74) is 3.33. The van der Waals surface area contributed by atoms with Crippen LogP contribution in [0.1, 0.15) is 22.8 Å². The van der Waals surface area contributed by atoms with E-state index in [0.717, 1.165) is 11.3 Å². The number of carbonyl (C=O) groups excluding carboxylic acids is 1. The molecule has 0 aliphatic heterocycles. The lowest BCUT2D eigenvalue weighted by molar-refractivity contribution is 0.0988. The van der Waals surface area contributed by atoms with Crippen molar-refractivity contribution in [3.8, 4) is 0 Å². The normalized spacial score (nSPS) is 10.3. The molecule has 0 spiro atoms. The summed E-state index contributed by atoms with van der Waals surface area (Å²) in [5, 5.41) is 3.08. The van der Waals surface area contributed by atoms with E-state index >= 15 is 0 Å². The van der Waals surface area contributed by atoms with Gasteiger partial charge in [-0.3, -0.25) is 4.79 Å². The second-order valence-electron chi connectivity index (χ2n) is 4.81. The molecule has 0 saturated carbocycles. The highest BCUT2D eigenvalue weighted by Crippen LogP contribution is 2.21. The second kappa shape index (κ2) is 6.39. The van der Waals surface area contributed by atoms with E-state index < -0.39 is 0 Å². The third kappa shape index (κ3) is 3.21. The minimum atomic E-state index is -0.309. The maximum Gasteiger partial charge on any atom is 0.258 e. The van der Waals surface area contributed by atoms with Crippen LogP contribution in [0.25, 0.3) is 0 Å². The van der Waals surface area contributed by atoms with Gasteiger partial charge in [-0.15, -0.1) is 0 Å². The number of hydrogen-bond acceptors (Lipinski definition) is 2. The zero-order valence-corrected chi connectivity index (χ0v) is 12.5. The van der Waals surface area contributed by atoms with Crippen LogP contribution < -0.4 is 10.2 Å². The van der Waals surface area contributed by atoms with Gasteiger partial charge >= 0.3 is 0 Å². The first-order valence-corrected chi connectivity index (χ1v) is 6.92. The van der Waals surface area contributed by atoms with Gasteiger partial charge in [0.25, 0.3) is 5.91 Å². The van der Waals surface area contributed by atoms with Crippen molar-refractivity contribution in [1.82, 2.24) is 0 Å². The largest absolute Gasteiger partial charge is 0.388 e. The summed E-state index contributed by atoms with van der Waals surface area (Å²) in [7, 11) is 1.85. The molecule has 0 heterocycles. The number of hydrogen-bond donors (Lipinski definition) is 1. The van der Waals surface area contributed by atoms with Crippen LogP contribution in [0.3, 0.4) is 0 Å². The summed E-state index contributed by atoms with van der Waals surface area (Å²) < 4.78 is 13.0. The van der Waals surface area contributed by atoms with E-state index in [1.807, 2.05) is 33.0 Å². The van der Waals surface area contributed by atoms with E-state index in [9.17, 15) is 9.18 Å². The minimum Gasteiger partial charge on any atom is -0.388 e. The van der Waals surface area contributed by atoms with Crippen molar-refractivity contribution in [2.45, 2.75) is 13.8 Å². The summed E-state index contributed by atoms with van der Waals surface area (Å²) in [6.07, 6.45) is 0. The monoisotopic (exact) mass is 286 g/mol. The van der Waals surface area contributed by atoms with E-state index in [1.165, 1.54) is 12.1 Å². The quantitative estimate of drug-likeness (QED) is 0.926. The Kier molecular flexibility index (Phi) is 4.58. The maximum atomic E-state index is 13.0. The first kappa shape index (κ1) is 15.0. The number of aryl methyl sites for hydroxylation is 1. The molecule has 21 heavy (non-hydrogen) atoms. The number of nitrogens with zero attached hydrogens (tertiary/aromatic N) is 1. The molecule has 3 nitrogen and oxygen atoms in total. The molecular formula is C17H19FN2O. The van der Waals surface area contributed by atoms with Crippen molar-refractivity contribution in [2.75, 3.05) is 23.8 Å². The van der Waals surface area contributed by atoms with Gasteiger partial charge in [-0.1, -0.05) is 0 Å². The number of rotatable bonds is 4. The Morgan fingerprint density at radius 3 is 2.38 bits per heavy atom. The SMILES string of the molecule is CCN(C(=O)c1ccc(NC)c(C)c1)c1ccc(F)cc1. The Morgan fingerprint density at radius 1 is 1.19 bits per heavy atom. The van der Waals surface area contributed by atoms with E-state index in [-0.39, 0.29) is 11.7 Å². The molecule has 0 radical (unpaired) electrons. The first-order chi connectivity index (χ1) is 10.1. The van der Waals surface area contributed by atoms with Crippen molar-refractivity contribution in [3.63, 3.8) is 0 Å². The summed E-state index contributed by atoms with van der Waals surface area (Å²) >= 11 is 0. The molecule has 0 aliphatic rings. The maximum absolute atomic E-state index is 13.0. The second-order valence-corrected chi connectivity index (χ2v) is 4.81. The molecule has 4 heteroatoms. The molecule has 0 aromatic heterocycles. The molecule has 2 rings (SSSR count). The van der Waals surface area contributed by atoms with Gasteiger partial charge in [-0.2, -0.15) is 0 Å². The number of nitrogens with one attached hydrogen (secondary N) is 1. The molecule has 1 amide bonds. The lowest BCUT2D eigenvalue weighted by Gasteiger charge is -2.21. The standard InChI is InChI=1S/C17H19FN2O/c1-4-20(15-8-6-14(18)7-9-15)17(21)13-5-10-16(19-3)12(2)11-13/h5-11,19H,4H2,1-3H3. The van der Waals surface area contributed by atoms with Crippen LogP contribution in [-0.4, -0.2) is 19.5 Å². The van der Waals surface area contributed by atoms with Crippen LogP contribution in [-0.2, 0) is 0 Å². The number of benzene rings is 2. The smallest absolute Gasteiger partial charge is 0.258 e. The van der Waals surface area contributed by atoms with Gasteiger partial charge in [0.2, 0.25) is 0 Å². The third-order valence-electron chi connectivity index (χ3n) is 3.44. The molecule has 0 bridgehead atoms. The van der Waals surface area contributed by atoms with Crippen molar-refractivity contribution in [2.24, 2.45) is 0 Å². The van der Waals surface area contributed by atoms with Gasteiger partial charge in [0, 0.05) is 30.5 Å². The molecule has 2 aromatic rings. The lowest BCUT2D eigenvalue weighted by atomic mass is 10.1. The summed E-state index contributed by atoms with van der Waals surface area (Å²) in [4.78, 5) is 14.3. The van der Waals surface area contributed by atoms with Crippen LogP contribution in [0.5, 0.6) is 0 Å². The number of halogens is 1. The Bertz CT molecular complexity index is 638. The Morgan fingerprint density at radius 2 is 1.86 bits per heavy atom. The molecule has 0 aliphatic carbocycles. The Labute approximate surface area is 124 Å². The fourth-order valence-electron chi connectivity index (χ4n) is 2.30. The van der Waals surface area contributed by atoms with Crippen molar-refractivity contribution < 1.29 is 9.18 Å². The average molecular weight is 286 g/mol. The van der Waals surface area contributed by atoms with Gasteiger partial charge in [0.1, 0.15) is 5.82 Å². The van der Waals surface area contributed by atoms with Crippen LogP contribution in [0.2, 0.25) is 0 Å². The van der Waals surface area contributed by atoms with E-state index in [0.29, 0.717) is 17.8 Å². The predicted molar refractivity (Wildman–Crippen MR) is 84.5 cm³/mol. The van der Waals surface area contributed by atoms with E-state index in [2.05, 4.69) is 5.32 Å². The first-order valence-electron chi connectivity index (χ1n) is 6.92. The minimum absolute atomic E-state index is 0.0881. The molecule has 0 fully saturated rings. The Balaban J connectivity index is 2.32. The van der Waals surface area contributed by atoms with Crippen LogP contribution >= 0.6 is 0 Å². The number of anilines is 2. The molecule has 0 unspecified atom stereocenters. The highest BCUT2D eigenvalue weighted by molar-refractivity contribution is 6.06. The van der Waals surface area contributed by atoms with Gasteiger partial charge < -0.3 is 10.2 Å². The van der Waals surface area contributed by atoms with Gasteiger partial charge in [0.15, 0.2) is 0 Å². The van der Waals surface area contributed by atoms with Crippen molar-refractivity contribution >= 4 is 17.3 Å².